The number of rotatable bonds is 1. The second-order valence-electron chi connectivity index (χ2n) is 8.37. The third-order valence-electron chi connectivity index (χ3n) is 5.74. The Balaban J connectivity index is 0.000000362. The zero-order chi connectivity index (χ0) is 32.6. The Morgan fingerprint density at radius 3 is 1.30 bits per heavy atom. The van der Waals surface area contributed by atoms with Crippen LogP contribution in [0.1, 0.15) is 58.2 Å². The maximum atomic E-state index is 4.69. The maximum Gasteiger partial charge on any atom is 0.00949 e. The third-order valence-corrected chi connectivity index (χ3v) is 43.5. The molecule has 2 unspecified atom stereocenters. The number of benzene rings is 2. The van der Waals surface area contributed by atoms with Gasteiger partial charge in [-0.3, -0.25) is 0 Å². The fourth-order valence-electron chi connectivity index (χ4n) is 3.85. The van der Waals surface area contributed by atoms with Crippen molar-refractivity contribution in [3.8, 4) is 0 Å². The molecule has 0 amide bonds. The van der Waals surface area contributed by atoms with Crippen LogP contribution in [0.2, 0.25) is 0 Å². The Bertz CT molecular complexity index is 2060. The van der Waals surface area contributed by atoms with Crippen molar-refractivity contribution in [1.82, 2.24) is 0 Å². The predicted octanol–water partition coefficient (Wildman–Crippen LogP) is 5.58. The van der Waals surface area contributed by atoms with E-state index in [0.717, 1.165) is 5.92 Å². The molecule has 2 atom stereocenters. The van der Waals surface area contributed by atoms with Crippen molar-refractivity contribution < 1.29 is 0 Å². The van der Waals surface area contributed by atoms with Crippen LogP contribution in [0.25, 0.3) is 0 Å². The second kappa shape index (κ2) is 30.2. The molecule has 0 fully saturated rings. The van der Waals surface area contributed by atoms with Crippen molar-refractivity contribution in [2.45, 2.75) is 53.4 Å². The lowest BCUT2D eigenvalue weighted by Gasteiger charge is -2.31. The Labute approximate surface area is 335 Å². The monoisotopic (exact) mass is 1010 g/mol. The van der Waals surface area contributed by atoms with Gasteiger partial charge in [0.25, 0.3) is 0 Å². The fourth-order valence-corrected chi connectivity index (χ4v) is 45.0. The van der Waals surface area contributed by atoms with E-state index in [1.54, 1.807) is 144 Å². The molecule has 0 aliphatic heterocycles. The number of hydrogen-bond donors (Lipinski definition) is 0. The van der Waals surface area contributed by atoms with Gasteiger partial charge in [-0.05, 0) is 85.4 Å². The van der Waals surface area contributed by atoms with Crippen molar-refractivity contribution in [2.75, 3.05) is 0 Å². The molecule has 2 aromatic rings. The molecule has 0 aromatic heterocycles. The Kier molecular flexibility index (Phi) is 31.2. The van der Waals surface area contributed by atoms with Gasteiger partial charge >= 0.3 is 0 Å². The zero-order valence-electron chi connectivity index (χ0n) is 23.3. The topological polar surface area (TPSA) is 0 Å². The van der Waals surface area contributed by atoms with E-state index in [9.17, 15) is 0 Å². The van der Waals surface area contributed by atoms with Gasteiger partial charge < -0.3 is 0 Å². The molecule has 0 heterocycles. The van der Waals surface area contributed by atoms with Gasteiger partial charge in [0, 0.05) is 219 Å². The molecule has 44 heavy (non-hydrogen) atoms. The van der Waals surface area contributed by atoms with Gasteiger partial charge in [-0.15, -0.1) is 0 Å². The average molecular weight is 1020 g/mol. The van der Waals surface area contributed by atoms with E-state index in [0.29, 0.717) is 5.92 Å². The molecule has 0 N–H and O–H groups in total. The summed E-state index contributed by atoms with van der Waals surface area (Å²) in [5.74, 6) is 1.34. The standard InChI is InChI=1S/C21H26.S12.S11/c1-13-8-19-11-16(4)17(5)12-21(19)20(9-13)18-7-6-14(2)15(3)10-18;1-3-5-7-9-11-12-10-8-6-4-2;1-3-5-7-9-11-10-8-6-4-2/h6-7,10-13,20H,8-9H2,1-5H3;;. The third kappa shape index (κ3) is 21.0. The van der Waals surface area contributed by atoms with E-state index in [1.807, 2.05) is 0 Å². The van der Waals surface area contributed by atoms with Gasteiger partial charge in [0.2, 0.25) is 0 Å². The first-order valence-electron chi connectivity index (χ1n) is 11.6. The fraction of sp³-hybridized carbons (Fsp3) is 0.429. The number of hydrogen-bond acceptors (Lipinski definition) is 4. The van der Waals surface area contributed by atoms with E-state index >= 15 is 0 Å². The van der Waals surface area contributed by atoms with Gasteiger partial charge in [-0.2, -0.15) is 0 Å². The highest BCUT2D eigenvalue weighted by Gasteiger charge is 2.26. The molecular formula is C21H26S23. The highest BCUT2D eigenvalue weighted by Crippen LogP contribution is 2.40. The highest BCUT2D eigenvalue weighted by molar-refractivity contribution is 8.75. The Hall–Kier alpha value is 3.50. The largest absolute Gasteiger partial charge is 0.0622 e. The van der Waals surface area contributed by atoms with Crippen LogP contribution < -0.4 is 0 Å². The first kappa shape index (κ1) is 45.5. The quantitative estimate of drug-likeness (QED) is 0.367. The summed E-state index contributed by atoms with van der Waals surface area (Å²) in [6.45, 7) is 11.3. The first-order chi connectivity index (χ1) is 21.3. The minimum atomic E-state index is 0.572. The maximum absolute atomic E-state index is 4.69. The summed E-state index contributed by atoms with van der Waals surface area (Å²) in [6.07, 6.45) is 2.51. The molecule has 1 aliphatic carbocycles. The van der Waals surface area contributed by atoms with Crippen molar-refractivity contribution in [3.63, 3.8) is 0 Å². The number of fused-ring (bicyclic) bond motifs is 1. The van der Waals surface area contributed by atoms with Crippen LogP contribution in [0.4, 0.5) is 0 Å². The second-order valence-corrected chi connectivity index (χ2v) is 42.0. The van der Waals surface area contributed by atoms with Crippen LogP contribution in [-0.4, -0.2) is 0 Å². The SMILES string of the molecule is Cc1ccc(C2CC(C)Cc3cc(C)c(C)cc32)cc1C.S=S=S=S=S=S=S=S=S=S=S.S=S=S=S=S=S=S=S=S=S=S=S. The van der Waals surface area contributed by atoms with Crippen molar-refractivity contribution >= 4 is 213 Å². The van der Waals surface area contributed by atoms with Gasteiger partial charge in [-0.25, -0.2) is 0 Å². The van der Waals surface area contributed by atoms with Crippen molar-refractivity contribution in [1.29, 1.82) is 0 Å². The molecule has 1 aliphatic rings. The normalized spacial score (nSPS) is 13.8. The molecular weight excluding hydrogens is 990 g/mol. The van der Waals surface area contributed by atoms with Crippen LogP contribution in [-0.2, 0) is 220 Å². The van der Waals surface area contributed by atoms with E-state index in [1.165, 1.54) is 76.2 Å². The molecule has 248 valence electrons. The lowest BCUT2D eigenvalue weighted by atomic mass is 9.73. The van der Waals surface area contributed by atoms with Gasteiger partial charge in [0.1, 0.15) is 0 Å². The van der Waals surface area contributed by atoms with Gasteiger partial charge in [0.15, 0.2) is 0 Å². The van der Waals surface area contributed by atoms with E-state index in [-0.39, 0.29) is 0 Å². The van der Waals surface area contributed by atoms with Crippen LogP contribution in [0, 0.1) is 33.6 Å². The molecule has 0 bridgehead atoms. The van der Waals surface area contributed by atoms with Crippen LogP contribution in [0.5, 0.6) is 0 Å². The van der Waals surface area contributed by atoms with Crippen LogP contribution in [0.3, 0.4) is 0 Å². The summed E-state index contributed by atoms with van der Waals surface area (Å²) < 4.78 is 0. The lowest BCUT2D eigenvalue weighted by Crippen LogP contribution is -2.18. The molecule has 2 aromatic carbocycles. The van der Waals surface area contributed by atoms with Crippen molar-refractivity contribution in [2.24, 2.45) is 5.92 Å². The van der Waals surface area contributed by atoms with E-state index in [4.69, 9.17) is 0 Å². The van der Waals surface area contributed by atoms with Gasteiger partial charge in [-0.1, -0.05) is 37.3 Å². The average Bonchev–Trinajstić information content (AvgIpc) is 3.01. The summed E-state index contributed by atoms with van der Waals surface area (Å²) in [7, 11) is 30.8. The Morgan fingerprint density at radius 2 is 0.886 bits per heavy atom. The van der Waals surface area contributed by atoms with Crippen molar-refractivity contribution in [3.05, 3.63) is 69.3 Å². The highest BCUT2D eigenvalue weighted by atomic mass is 33.5. The molecule has 0 radical (unpaired) electrons. The molecule has 23 heteroatoms. The summed E-state index contributed by atoms with van der Waals surface area (Å²) in [6, 6.07) is 11.9. The first-order valence-corrected chi connectivity index (χ1v) is 39.6. The van der Waals surface area contributed by atoms with Crippen LogP contribution in [0.15, 0.2) is 30.3 Å². The summed E-state index contributed by atoms with van der Waals surface area (Å²) in [4.78, 5) is 0. The summed E-state index contributed by atoms with van der Waals surface area (Å²) in [5.41, 5.74) is 10.3. The van der Waals surface area contributed by atoms with Gasteiger partial charge in [0.05, 0.1) is 0 Å². The van der Waals surface area contributed by atoms with Crippen LogP contribution >= 0.6 is 0 Å². The summed E-state index contributed by atoms with van der Waals surface area (Å²) >= 11 is 18.7. The number of aryl methyl sites for hydroxylation is 4. The molecule has 0 saturated carbocycles. The lowest BCUT2D eigenvalue weighted by molar-refractivity contribution is 0.464. The molecule has 0 nitrogen and oxygen atoms in total. The molecule has 0 spiro atoms. The zero-order valence-corrected chi connectivity index (χ0v) is 42.1. The Morgan fingerprint density at radius 1 is 0.500 bits per heavy atom. The van der Waals surface area contributed by atoms with E-state index < -0.39 is 0 Å². The molecule has 0 saturated heterocycles. The molecule has 3 rings (SSSR count). The smallest absolute Gasteiger partial charge is 0.00949 e. The predicted molar refractivity (Wildman–Crippen MR) is 261 cm³/mol. The summed E-state index contributed by atoms with van der Waals surface area (Å²) in [5, 5.41) is 0. The minimum absolute atomic E-state index is 0.572. The minimum Gasteiger partial charge on any atom is -0.0622 e. The van der Waals surface area contributed by atoms with E-state index in [2.05, 4.69) is 110 Å².